The lowest BCUT2D eigenvalue weighted by molar-refractivity contribution is 0.0493. The normalized spacial score (nSPS) is 13.4. The average Bonchev–Trinajstić information content (AvgIpc) is 2.89. The number of halogens is 1. The molecule has 0 unspecified atom stereocenters. The van der Waals surface area contributed by atoms with Crippen LogP contribution in [0.4, 0.5) is 4.79 Å². The first-order chi connectivity index (χ1) is 18.1. The minimum Gasteiger partial charge on any atom is -0.494 e. The van der Waals surface area contributed by atoms with E-state index < -0.39 is 33.8 Å². The summed E-state index contributed by atoms with van der Waals surface area (Å²) in [6, 6.07) is 23.0. The zero-order valence-corrected chi connectivity index (χ0v) is 23.5. The van der Waals surface area contributed by atoms with Crippen molar-refractivity contribution in [3.8, 4) is 5.75 Å². The molecular weight excluding hydrogens is 524 g/mol. The molecule has 9 heteroatoms. The first kappa shape index (κ1) is 29.5. The Hall–Kier alpha value is -3.07. The lowest BCUT2D eigenvalue weighted by Gasteiger charge is -2.30. The van der Waals surface area contributed by atoms with Crippen LogP contribution in [0.3, 0.4) is 0 Å². The monoisotopic (exact) mass is 558 g/mol. The lowest BCUT2D eigenvalue weighted by atomic mass is 9.94. The van der Waals surface area contributed by atoms with Gasteiger partial charge in [-0.1, -0.05) is 60.7 Å². The number of sulfonamides is 1. The number of hydrogen-bond donors (Lipinski definition) is 2. The molecule has 0 saturated heterocycles. The Labute approximate surface area is 230 Å². The predicted octanol–water partition coefficient (Wildman–Crippen LogP) is 6.37. The number of benzene rings is 3. The van der Waals surface area contributed by atoms with Gasteiger partial charge in [0.1, 0.15) is 11.4 Å². The van der Waals surface area contributed by atoms with Crippen LogP contribution in [0.25, 0.3) is 0 Å². The maximum Gasteiger partial charge on any atom is 0.408 e. The Morgan fingerprint density at radius 1 is 0.842 bits per heavy atom. The molecule has 0 bridgehead atoms. The number of carbonyl (C=O) groups is 1. The topological polar surface area (TPSA) is 93.7 Å². The van der Waals surface area contributed by atoms with E-state index >= 15 is 0 Å². The van der Waals surface area contributed by atoms with Gasteiger partial charge in [0, 0.05) is 5.88 Å². The molecule has 0 aromatic heterocycles. The Kier molecular flexibility index (Phi) is 10.6. The molecule has 3 aromatic carbocycles. The second-order valence-electron chi connectivity index (χ2n) is 9.76. The van der Waals surface area contributed by atoms with Crippen LogP contribution in [0, 0.1) is 0 Å². The molecule has 0 aliphatic carbocycles. The fourth-order valence-electron chi connectivity index (χ4n) is 3.78. The van der Waals surface area contributed by atoms with Gasteiger partial charge in [0.05, 0.1) is 23.6 Å². The summed E-state index contributed by atoms with van der Waals surface area (Å²) >= 11 is 5.70. The molecule has 1 amide bonds. The molecule has 0 saturated carbocycles. The van der Waals surface area contributed by atoms with Crippen molar-refractivity contribution in [3.05, 3.63) is 96.1 Å². The molecule has 3 rings (SSSR count). The highest BCUT2D eigenvalue weighted by Gasteiger charge is 2.32. The highest BCUT2D eigenvalue weighted by atomic mass is 35.5. The van der Waals surface area contributed by atoms with Gasteiger partial charge in [-0.2, -0.15) is 0 Å². The van der Waals surface area contributed by atoms with E-state index in [1.165, 1.54) is 12.1 Å². The zero-order valence-electron chi connectivity index (χ0n) is 21.9. The summed E-state index contributed by atoms with van der Waals surface area (Å²) in [4.78, 5) is 12.9. The molecule has 2 atom stereocenters. The first-order valence-electron chi connectivity index (χ1n) is 12.5. The van der Waals surface area contributed by atoms with Crippen molar-refractivity contribution in [3.63, 3.8) is 0 Å². The molecule has 38 heavy (non-hydrogen) atoms. The van der Waals surface area contributed by atoms with Crippen molar-refractivity contribution >= 4 is 27.7 Å². The second kappa shape index (κ2) is 13.6. The van der Waals surface area contributed by atoms with Crippen molar-refractivity contribution in [2.24, 2.45) is 0 Å². The number of hydrogen-bond acceptors (Lipinski definition) is 5. The molecular formula is C29H35ClN2O5S. The third-order valence-corrected chi connectivity index (χ3v) is 7.26. The van der Waals surface area contributed by atoms with Crippen LogP contribution in [-0.2, 0) is 14.8 Å². The maximum atomic E-state index is 13.6. The van der Waals surface area contributed by atoms with Gasteiger partial charge in [0.15, 0.2) is 0 Å². The van der Waals surface area contributed by atoms with Gasteiger partial charge in [-0.05, 0) is 69.0 Å². The highest BCUT2D eigenvalue weighted by Crippen LogP contribution is 2.31. The van der Waals surface area contributed by atoms with Gasteiger partial charge in [-0.3, -0.25) is 0 Å². The van der Waals surface area contributed by atoms with Gasteiger partial charge in [-0.15, -0.1) is 11.6 Å². The Morgan fingerprint density at radius 3 is 1.92 bits per heavy atom. The number of nitrogens with one attached hydrogen (secondary N) is 2. The smallest absolute Gasteiger partial charge is 0.408 e. The molecule has 0 spiro atoms. The van der Waals surface area contributed by atoms with Crippen molar-refractivity contribution in [1.29, 1.82) is 0 Å². The molecule has 0 aliphatic heterocycles. The number of alkyl halides is 1. The fourth-order valence-corrected chi connectivity index (χ4v) is 5.21. The third kappa shape index (κ3) is 9.04. The SMILES string of the molecule is CC(C)(C)OC(=O)N[C@@H](c1ccccc1)[C@@H](NS(=O)(=O)c1ccc(OCCCCCl)cc1)c1ccccc1. The predicted molar refractivity (Wildman–Crippen MR) is 150 cm³/mol. The van der Waals surface area contributed by atoms with Crippen LogP contribution >= 0.6 is 11.6 Å². The summed E-state index contributed by atoms with van der Waals surface area (Å²) in [7, 11) is -3.99. The number of unbranched alkanes of at least 4 members (excludes halogenated alkanes) is 1. The molecule has 2 N–H and O–H groups in total. The van der Waals surface area contributed by atoms with E-state index in [1.54, 1.807) is 32.9 Å². The van der Waals surface area contributed by atoms with Gasteiger partial charge in [0.2, 0.25) is 10.0 Å². The van der Waals surface area contributed by atoms with Gasteiger partial charge < -0.3 is 14.8 Å². The maximum absolute atomic E-state index is 13.6. The lowest BCUT2D eigenvalue weighted by Crippen LogP contribution is -2.42. The Morgan fingerprint density at radius 2 is 1.39 bits per heavy atom. The van der Waals surface area contributed by atoms with Crippen LogP contribution in [0.5, 0.6) is 5.75 Å². The third-order valence-electron chi connectivity index (χ3n) is 5.54. The number of ether oxygens (including phenoxy) is 2. The van der Waals surface area contributed by atoms with Crippen molar-refractivity contribution in [1.82, 2.24) is 10.0 Å². The summed E-state index contributed by atoms with van der Waals surface area (Å²) in [6.07, 6.45) is 1.01. The van der Waals surface area contributed by atoms with Crippen LogP contribution in [0.2, 0.25) is 0 Å². The number of alkyl carbamates (subject to hydrolysis) is 1. The molecule has 204 valence electrons. The van der Waals surface area contributed by atoms with E-state index in [-0.39, 0.29) is 4.90 Å². The minimum atomic E-state index is -3.99. The standard InChI is InChI=1S/C29H35ClN2O5S/c1-29(2,3)37-28(33)31-26(22-12-6-4-7-13-22)27(23-14-8-5-9-15-23)32-38(34,35)25-18-16-24(17-19-25)36-21-11-10-20-30/h4-9,12-19,26-27,32H,10-11,20-21H2,1-3H3,(H,31,33)/t26-,27-/m0/s1. The van der Waals surface area contributed by atoms with Crippen molar-refractivity contribution in [2.75, 3.05) is 12.5 Å². The summed E-state index contributed by atoms with van der Waals surface area (Å²) in [6.45, 7) is 5.81. The van der Waals surface area contributed by atoms with Gasteiger partial charge in [-0.25, -0.2) is 17.9 Å². The average molecular weight is 559 g/mol. The largest absolute Gasteiger partial charge is 0.494 e. The van der Waals surface area contributed by atoms with E-state index in [1.807, 2.05) is 60.7 Å². The van der Waals surface area contributed by atoms with Crippen molar-refractivity contribution < 1.29 is 22.7 Å². The first-order valence-corrected chi connectivity index (χ1v) is 14.5. The summed E-state index contributed by atoms with van der Waals surface area (Å²) in [5.41, 5.74) is 0.678. The fraction of sp³-hybridized carbons (Fsp3) is 0.345. The number of carbonyl (C=O) groups excluding carboxylic acids is 1. The van der Waals surface area contributed by atoms with E-state index in [9.17, 15) is 13.2 Å². The van der Waals surface area contributed by atoms with E-state index in [4.69, 9.17) is 21.1 Å². The summed E-state index contributed by atoms with van der Waals surface area (Å²) in [5, 5.41) is 2.89. The van der Waals surface area contributed by atoms with Crippen LogP contribution in [0.15, 0.2) is 89.8 Å². The molecule has 3 aromatic rings. The molecule has 0 heterocycles. The number of amides is 1. The van der Waals surface area contributed by atoms with Gasteiger partial charge >= 0.3 is 6.09 Å². The highest BCUT2D eigenvalue weighted by molar-refractivity contribution is 7.89. The Balaban J connectivity index is 1.92. The molecule has 7 nitrogen and oxygen atoms in total. The van der Waals surface area contributed by atoms with E-state index in [0.29, 0.717) is 23.8 Å². The second-order valence-corrected chi connectivity index (χ2v) is 11.9. The summed E-state index contributed by atoms with van der Waals surface area (Å²) in [5.74, 6) is 1.15. The molecule has 0 fully saturated rings. The molecule has 0 aliphatic rings. The van der Waals surface area contributed by atoms with Gasteiger partial charge in [0.25, 0.3) is 0 Å². The van der Waals surface area contributed by atoms with E-state index in [2.05, 4.69) is 10.0 Å². The van der Waals surface area contributed by atoms with Crippen LogP contribution in [0.1, 0.15) is 56.8 Å². The van der Waals surface area contributed by atoms with Crippen LogP contribution in [-0.4, -0.2) is 32.6 Å². The zero-order chi connectivity index (χ0) is 27.6. The summed E-state index contributed by atoms with van der Waals surface area (Å²) < 4.78 is 41.1. The minimum absolute atomic E-state index is 0.0793. The van der Waals surface area contributed by atoms with Crippen molar-refractivity contribution in [2.45, 2.75) is 56.2 Å². The molecule has 0 radical (unpaired) electrons. The van der Waals surface area contributed by atoms with Crippen LogP contribution < -0.4 is 14.8 Å². The number of rotatable bonds is 12. The Bertz CT molecular complexity index is 1250. The van der Waals surface area contributed by atoms with E-state index in [0.717, 1.165) is 18.4 Å². The quantitative estimate of drug-likeness (QED) is 0.199.